The van der Waals surface area contributed by atoms with Crippen LogP contribution < -0.4 is 9.47 Å². The summed E-state index contributed by atoms with van der Waals surface area (Å²) < 4.78 is 26.9. The van der Waals surface area contributed by atoms with Gasteiger partial charge in [0.25, 0.3) is 0 Å². The summed E-state index contributed by atoms with van der Waals surface area (Å²) in [7, 11) is 2.68. The number of methoxy groups -OCH3 is 2. The van der Waals surface area contributed by atoms with Crippen LogP contribution in [0.25, 0.3) is 5.57 Å². The lowest BCUT2D eigenvalue weighted by Gasteiger charge is -2.33. The fourth-order valence-corrected chi connectivity index (χ4v) is 4.19. The standard InChI is InChI=1S/C20H22O7/c1-10-12-5-15(19(21)23-2)16(20(22)24-3)6-14(12)13-7-18-17(26-9-27-18)4-11(13)8-25-10/h4,7,10,15-16H,5-6,8-9H2,1-3H3/t10?,15-,16-/m0/s1. The maximum atomic E-state index is 12.4. The molecule has 27 heavy (non-hydrogen) atoms. The number of carbonyl (C=O) groups excluding carboxylic acids is 2. The number of hydrogen-bond donors (Lipinski definition) is 0. The molecule has 1 unspecified atom stereocenters. The van der Waals surface area contributed by atoms with Crippen LogP contribution in [0.5, 0.6) is 11.5 Å². The minimum absolute atomic E-state index is 0.171. The fraction of sp³-hybridized carbons (Fsp3) is 0.500. The molecule has 3 aliphatic rings. The normalized spacial score (nSPS) is 26.0. The predicted molar refractivity (Wildman–Crippen MR) is 94.0 cm³/mol. The van der Waals surface area contributed by atoms with Crippen LogP contribution in [0.2, 0.25) is 0 Å². The van der Waals surface area contributed by atoms with Gasteiger partial charge in [-0.3, -0.25) is 9.59 Å². The summed E-state index contributed by atoms with van der Waals surface area (Å²) >= 11 is 0. The second-order valence-electron chi connectivity index (χ2n) is 6.99. The molecule has 4 rings (SSSR count). The zero-order chi connectivity index (χ0) is 19.1. The number of fused-ring (bicyclic) bond motifs is 3. The maximum absolute atomic E-state index is 12.4. The minimum Gasteiger partial charge on any atom is -0.469 e. The first kappa shape index (κ1) is 17.9. The Morgan fingerprint density at radius 2 is 1.63 bits per heavy atom. The monoisotopic (exact) mass is 374 g/mol. The molecule has 0 saturated carbocycles. The van der Waals surface area contributed by atoms with Gasteiger partial charge in [0.05, 0.1) is 38.8 Å². The number of allylic oxidation sites excluding steroid dienone is 1. The van der Waals surface area contributed by atoms with Crippen LogP contribution >= 0.6 is 0 Å². The van der Waals surface area contributed by atoms with Crippen molar-refractivity contribution in [2.45, 2.75) is 32.5 Å². The average Bonchev–Trinajstić information content (AvgIpc) is 3.11. The van der Waals surface area contributed by atoms with Gasteiger partial charge in [0.2, 0.25) is 6.79 Å². The summed E-state index contributed by atoms with van der Waals surface area (Å²) in [5.74, 6) is -0.606. The molecule has 3 atom stereocenters. The topological polar surface area (TPSA) is 80.3 Å². The van der Waals surface area contributed by atoms with E-state index in [1.165, 1.54) is 14.2 Å². The molecule has 0 bridgehead atoms. The van der Waals surface area contributed by atoms with Crippen molar-refractivity contribution in [2.75, 3.05) is 21.0 Å². The summed E-state index contributed by atoms with van der Waals surface area (Å²) in [5.41, 5.74) is 4.00. The van der Waals surface area contributed by atoms with Crippen LogP contribution in [0, 0.1) is 11.8 Å². The van der Waals surface area contributed by atoms with Crippen molar-refractivity contribution in [3.63, 3.8) is 0 Å². The van der Waals surface area contributed by atoms with Gasteiger partial charge in [-0.15, -0.1) is 0 Å². The van der Waals surface area contributed by atoms with Crippen molar-refractivity contribution in [3.8, 4) is 11.5 Å². The zero-order valence-electron chi connectivity index (χ0n) is 15.6. The third-order valence-corrected chi connectivity index (χ3v) is 5.65. The van der Waals surface area contributed by atoms with E-state index in [1.807, 2.05) is 19.1 Å². The van der Waals surface area contributed by atoms with E-state index in [4.69, 9.17) is 23.7 Å². The van der Waals surface area contributed by atoms with E-state index < -0.39 is 23.8 Å². The van der Waals surface area contributed by atoms with Gasteiger partial charge < -0.3 is 23.7 Å². The molecule has 0 spiro atoms. The highest BCUT2D eigenvalue weighted by molar-refractivity contribution is 5.87. The quantitative estimate of drug-likeness (QED) is 0.736. The molecule has 144 valence electrons. The second kappa shape index (κ2) is 6.88. The van der Waals surface area contributed by atoms with Crippen LogP contribution in [0.4, 0.5) is 0 Å². The highest BCUT2D eigenvalue weighted by Gasteiger charge is 2.43. The summed E-state index contributed by atoms with van der Waals surface area (Å²) in [5, 5.41) is 0. The third kappa shape index (κ3) is 2.96. The van der Waals surface area contributed by atoms with Crippen molar-refractivity contribution in [1.82, 2.24) is 0 Å². The average molecular weight is 374 g/mol. The van der Waals surface area contributed by atoms with E-state index in [1.54, 1.807) is 0 Å². The van der Waals surface area contributed by atoms with Gasteiger partial charge in [-0.1, -0.05) is 0 Å². The van der Waals surface area contributed by atoms with E-state index in [0.717, 1.165) is 22.3 Å². The molecule has 0 fully saturated rings. The molecular weight excluding hydrogens is 352 g/mol. The van der Waals surface area contributed by atoms with E-state index >= 15 is 0 Å². The minimum atomic E-state index is -0.593. The van der Waals surface area contributed by atoms with E-state index in [9.17, 15) is 9.59 Å². The molecule has 7 heteroatoms. The van der Waals surface area contributed by atoms with Gasteiger partial charge >= 0.3 is 11.9 Å². The SMILES string of the molecule is COC(=O)[C@H]1CC2=C(C[C@@H]1C(=O)OC)C(C)OCc1cc3c(cc12)OCO3. The van der Waals surface area contributed by atoms with Crippen molar-refractivity contribution in [1.29, 1.82) is 0 Å². The third-order valence-electron chi connectivity index (χ3n) is 5.65. The number of esters is 2. The molecule has 0 amide bonds. The number of ether oxygens (including phenoxy) is 5. The van der Waals surface area contributed by atoms with Gasteiger partial charge in [0.1, 0.15) is 0 Å². The van der Waals surface area contributed by atoms with Gasteiger partial charge in [0.15, 0.2) is 11.5 Å². The first-order valence-corrected chi connectivity index (χ1v) is 8.95. The number of carbonyl (C=O) groups is 2. The Hall–Kier alpha value is -2.54. The Labute approximate surface area is 157 Å². The van der Waals surface area contributed by atoms with E-state index in [-0.39, 0.29) is 12.9 Å². The van der Waals surface area contributed by atoms with Crippen molar-refractivity contribution in [2.24, 2.45) is 11.8 Å². The Balaban J connectivity index is 1.82. The summed E-state index contributed by atoms with van der Waals surface area (Å²) in [6.45, 7) is 2.58. The lowest BCUT2D eigenvalue weighted by atomic mass is 9.72. The Morgan fingerprint density at radius 1 is 1.00 bits per heavy atom. The summed E-state index contributed by atoms with van der Waals surface area (Å²) in [6, 6.07) is 3.88. The van der Waals surface area contributed by atoms with E-state index in [2.05, 4.69) is 0 Å². The Kier molecular flexibility index (Phi) is 4.55. The summed E-state index contributed by atoms with van der Waals surface area (Å²) in [6.07, 6.45) is 0.619. The molecule has 1 aromatic rings. The van der Waals surface area contributed by atoms with Crippen molar-refractivity contribution in [3.05, 3.63) is 28.8 Å². The molecule has 1 aliphatic carbocycles. The number of hydrogen-bond acceptors (Lipinski definition) is 7. The molecular formula is C20H22O7. The van der Waals surface area contributed by atoms with Crippen LogP contribution in [0.1, 0.15) is 30.9 Å². The highest BCUT2D eigenvalue weighted by Crippen LogP contribution is 2.47. The van der Waals surface area contributed by atoms with Crippen LogP contribution in [-0.4, -0.2) is 39.1 Å². The van der Waals surface area contributed by atoms with E-state index in [0.29, 0.717) is 30.9 Å². The largest absolute Gasteiger partial charge is 0.469 e. The molecule has 2 heterocycles. The smallest absolute Gasteiger partial charge is 0.309 e. The second-order valence-corrected chi connectivity index (χ2v) is 6.99. The van der Waals surface area contributed by atoms with Gasteiger partial charge in [-0.25, -0.2) is 0 Å². The lowest BCUT2D eigenvalue weighted by molar-refractivity contribution is -0.157. The molecule has 0 saturated heterocycles. The lowest BCUT2D eigenvalue weighted by Crippen LogP contribution is -2.36. The Bertz CT molecular complexity index is 826. The molecule has 1 aromatic carbocycles. The number of rotatable bonds is 2. The van der Waals surface area contributed by atoms with Crippen LogP contribution in [0.15, 0.2) is 17.7 Å². The fourth-order valence-electron chi connectivity index (χ4n) is 4.19. The van der Waals surface area contributed by atoms with Crippen molar-refractivity contribution >= 4 is 17.5 Å². The first-order valence-electron chi connectivity index (χ1n) is 8.95. The van der Waals surface area contributed by atoms with Crippen molar-refractivity contribution < 1.29 is 33.3 Å². The van der Waals surface area contributed by atoms with Gasteiger partial charge in [0, 0.05) is 0 Å². The molecule has 0 radical (unpaired) electrons. The predicted octanol–water partition coefficient (Wildman–Crippen LogP) is 2.46. The van der Waals surface area contributed by atoms with Gasteiger partial charge in [-0.2, -0.15) is 0 Å². The van der Waals surface area contributed by atoms with Crippen LogP contribution in [-0.2, 0) is 30.4 Å². The molecule has 0 N–H and O–H groups in total. The first-order chi connectivity index (χ1) is 13.0. The highest BCUT2D eigenvalue weighted by atomic mass is 16.7. The zero-order valence-corrected chi connectivity index (χ0v) is 15.6. The molecule has 7 nitrogen and oxygen atoms in total. The van der Waals surface area contributed by atoms with Gasteiger partial charge in [-0.05, 0) is 54.2 Å². The summed E-state index contributed by atoms with van der Waals surface area (Å²) in [4.78, 5) is 24.7. The molecule has 0 aromatic heterocycles. The maximum Gasteiger partial charge on any atom is 0.309 e. The Morgan fingerprint density at radius 3 is 2.30 bits per heavy atom. The van der Waals surface area contributed by atoms with Crippen LogP contribution in [0.3, 0.4) is 0 Å². The number of benzene rings is 1. The molecule has 2 aliphatic heterocycles.